The number of aryl methyl sites for hydroxylation is 1. The van der Waals surface area contributed by atoms with Gasteiger partial charge in [-0.1, -0.05) is 24.3 Å². The summed E-state index contributed by atoms with van der Waals surface area (Å²) >= 11 is 0. The van der Waals surface area contributed by atoms with Crippen LogP contribution >= 0.6 is 0 Å². The van der Waals surface area contributed by atoms with Gasteiger partial charge >= 0.3 is 6.09 Å². The Labute approximate surface area is 182 Å². The maximum absolute atomic E-state index is 12.7. The lowest BCUT2D eigenvalue weighted by molar-refractivity contribution is 0.0635. The Kier molecular flexibility index (Phi) is 6.44. The summed E-state index contributed by atoms with van der Waals surface area (Å²) in [5.41, 5.74) is 4.12. The van der Waals surface area contributed by atoms with Crippen LogP contribution in [0.15, 0.2) is 54.6 Å². The monoisotopic (exact) mass is 420 g/mol. The summed E-state index contributed by atoms with van der Waals surface area (Å²) in [6.07, 6.45) is -0.565. The Morgan fingerprint density at radius 2 is 1.74 bits per heavy atom. The zero-order valence-corrected chi connectivity index (χ0v) is 18.5. The molecule has 7 heteroatoms. The number of para-hydroxylation sites is 1. The molecule has 2 amide bonds. The van der Waals surface area contributed by atoms with Crippen LogP contribution in [0.5, 0.6) is 0 Å². The van der Waals surface area contributed by atoms with Gasteiger partial charge in [0.15, 0.2) is 0 Å². The first-order chi connectivity index (χ1) is 14.6. The van der Waals surface area contributed by atoms with Crippen molar-refractivity contribution in [3.63, 3.8) is 0 Å². The first-order valence-corrected chi connectivity index (χ1v) is 10.1. The third kappa shape index (κ3) is 5.72. The van der Waals surface area contributed by atoms with Crippen LogP contribution < -0.4 is 10.6 Å². The first kappa shape index (κ1) is 22.1. The number of carbonyl (C=O) groups is 2. The maximum atomic E-state index is 12.7. The zero-order valence-electron chi connectivity index (χ0n) is 18.5. The van der Waals surface area contributed by atoms with Crippen LogP contribution in [-0.4, -0.2) is 27.4 Å². The third-order valence-electron chi connectivity index (χ3n) is 4.64. The number of hydrogen-bond donors (Lipinski definition) is 2. The van der Waals surface area contributed by atoms with Gasteiger partial charge in [0.1, 0.15) is 5.60 Å². The lowest BCUT2D eigenvalue weighted by Crippen LogP contribution is -2.27. The molecule has 7 nitrogen and oxygen atoms in total. The predicted octanol–water partition coefficient (Wildman–Crippen LogP) is 4.77. The zero-order chi connectivity index (χ0) is 22.6. The van der Waals surface area contributed by atoms with Crippen molar-refractivity contribution >= 4 is 17.7 Å². The quantitative estimate of drug-likeness (QED) is 0.623. The highest BCUT2D eigenvalue weighted by atomic mass is 16.6. The fourth-order valence-corrected chi connectivity index (χ4v) is 3.18. The molecular weight excluding hydrogens is 392 g/mol. The van der Waals surface area contributed by atoms with Gasteiger partial charge in [-0.25, -0.2) is 9.48 Å². The topological polar surface area (TPSA) is 85.3 Å². The van der Waals surface area contributed by atoms with Gasteiger partial charge in [0.05, 0.1) is 11.4 Å². The summed E-state index contributed by atoms with van der Waals surface area (Å²) in [7, 11) is 0. The molecule has 0 aliphatic carbocycles. The van der Waals surface area contributed by atoms with E-state index in [4.69, 9.17) is 4.74 Å². The number of anilines is 1. The van der Waals surface area contributed by atoms with Gasteiger partial charge in [0.2, 0.25) is 0 Å². The lowest BCUT2D eigenvalue weighted by Gasteiger charge is -2.19. The standard InChI is InChI=1S/C24H28N4O3/c1-16-21(17(2)28(27-16)20-12-7-6-8-13-20)15-25-22(29)18-10-9-11-19(14-18)26-23(30)31-24(3,4)5/h6-14H,15H2,1-5H3,(H,25,29)(H,26,30). The van der Waals surface area contributed by atoms with Gasteiger partial charge in [-0.3, -0.25) is 10.1 Å². The molecule has 2 aromatic carbocycles. The van der Waals surface area contributed by atoms with Crippen molar-refractivity contribution in [2.45, 2.75) is 46.8 Å². The van der Waals surface area contributed by atoms with E-state index in [2.05, 4.69) is 15.7 Å². The minimum absolute atomic E-state index is 0.237. The van der Waals surface area contributed by atoms with E-state index >= 15 is 0 Å². The average Bonchev–Trinajstić information content (AvgIpc) is 2.99. The Morgan fingerprint density at radius 1 is 1.03 bits per heavy atom. The van der Waals surface area contributed by atoms with Crippen molar-refractivity contribution in [1.82, 2.24) is 15.1 Å². The number of benzene rings is 2. The van der Waals surface area contributed by atoms with E-state index in [9.17, 15) is 9.59 Å². The molecule has 0 aliphatic rings. The Hall–Kier alpha value is -3.61. The minimum atomic E-state index is -0.598. The highest BCUT2D eigenvalue weighted by molar-refractivity contribution is 5.96. The molecule has 0 fully saturated rings. The molecule has 0 atom stereocenters. The molecule has 1 heterocycles. The number of nitrogens with zero attached hydrogens (tertiary/aromatic N) is 2. The van der Waals surface area contributed by atoms with Crippen LogP contribution in [0.25, 0.3) is 5.69 Å². The molecule has 1 aromatic heterocycles. The second-order valence-corrected chi connectivity index (χ2v) is 8.29. The van der Waals surface area contributed by atoms with Gasteiger partial charge in [-0.2, -0.15) is 5.10 Å². The van der Waals surface area contributed by atoms with Crippen molar-refractivity contribution in [3.05, 3.63) is 77.1 Å². The summed E-state index contributed by atoms with van der Waals surface area (Å²) in [5.74, 6) is -0.237. The van der Waals surface area contributed by atoms with Crippen LogP contribution in [-0.2, 0) is 11.3 Å². The van der Waals surface area contributed by atoms with Crippen molar-refractivity contribution < 1.29 is 14.3 Å². The smallest absolute Gasteiger partial charge is 0.412 e. The van der Waals surface area contributed by atoms with Gasteiger partial charge in [-0.15, -0.1) is 0 Å². The number of aromatic nitrogens is 2. The van der Waals surface area contributed by atoms with E-state index in [0.29, 0.717) is 17.8 Å². The Balaban J connectivity index is 1.68. The van der Waals surface area contributed by atoms with Gasteiger partial charge < -0.3 is 10.1 Å². The SMILES string of the molecule is Cc1nn(-c2ccccc2)c(C)c1CNC(=O)c1cccc(NC(=O)OC(C)(C)C)c1. The van der Waals surface area contributed by atoms with Crippen molar-refractivity contribution in [1.29, 1.82) is 0 Å². The summed E-state index contributed by atoms with van der Waals surface area (Å²) < 4.78 is 7.13. The van der Waals surface area contributed by atoms with Crippen LogP contribution in [0.3, 0.4) is 0 Å². The van der Waals surface area contributed by atoms with Crippen molar-refractivity contribution in [2.75, 3.05) is 5.32 Å². The van der Waals surface area contributed by atoms with Gasteiger partial charge in [-0.05, 0) is 65.0 Å². The first-order valence-electron chi connectivity index (χ1n) is 10.1. The number of amides is 2. The number of rotatable bonds is 5. The lowest BCUT2D eigenvalue weighted by atomic mass is 10.1. The Morgan fingerprint density at radius 3 is 2.42 bits per heavy atom. The van der Waals surface area contributed by atoms with E-state index in [1.54, 1.807) is 45.0 Å². The molecule has 2 N–H and O–H groups in total. The van der Waals surface area contributed by atoms with E-state index in [1.165, 1.54) is 0 Å². The highest BCUT2D eigenvalue weighted by Crippen LogP contribution is 2.18. The molecule has 162 valence electrons. The van der Waals surface area contributed by atoms with Crippen LogP contribution in [0.1, 0.15) is 48.1 Å². The molecule has 0 bridgehead atoms. The summed E-state index contributed by atoms with van der Waals surface area (Å²) in [4.78, 5) is 24.7. The molecule has 0 spiro atoms. The highest BCUT2D eigenvalue weighted by Gasteiger charge is 2.17. The molecule has 31 heavy (non-hydrogen) atoms. The number of nitrogens with one attached hydrogen (secondary N) is 2. The van der Waals surface area contributed by atoms with Gasteiger partial charge in [0, 0.05) is 29.1 Å². The van der Waals surface area contributed by atoms with Crippen LogP contribution in [0.2, 0.25) is 0 Å². The fourth-order valence-electron chi connectivity index (χ4n) is 3.18. The molecule has 0 radical (unpaired) electrons. The molecule has 0 aliphatic heterocycles. The van der Waals surface area contributed by atoms with E-state index in [1.807, 2.05) is 48.9 Å². The number of hydrogen-bond acceptors (Lipinski definition) is 4. The number of ether oxygens (including phenoxy) is 1. The Bertz CT molecular complexity index is 1080. The second kappa shape index (κ2) is 9.04. The average molecular weight is 421 g/mol. The minimum Gasteiger partial charge on any atom is -0.444 e. The van der Waals surface area contributed by atoms with Crippen molar-refractivity contribution in [3.8, 4) is 5.69 Å². The molecule has 0 unspecified atom stereocenters. The summed E-state index contributed by atoms with van der Waals surface area (Å²) in [6, 6.07) is 16.6. The largest absolute Gasteiger partial charge is 0.444 e. The molecule has 3 aromatic rings. The maximum Gasteiger partial charge on any atom is 0.412 e. The molecule has 0 saturated heterocycles. The predicted molar refractivity (Wildman–Crippen MR) is 121 cm³/mol. The van der Waals surface area contributed by atoms with E-state index in [0.717, 1.165) is 22.6 Å². The summed E-state index contributed by atoms with van der Waals surface area (Å²) in [6.45, 7) is 9.65. The van der Waals surface area contributed by atoms with Crippen LogP contribution in [0.4, 0.5) is 10.5 Å². The van der Waals surface area contributed by atoms with E-state index in [-0.39, 0.29) is 5.91 Å². The number of carbonyl (C=O) groups excluding carboxylic acids is 2. The fraction of sp³-hybridized carbons (Fsp3) is 0.292. The van der Waals surface area contributed by atoms with Crippen LogP contribution in [0, 0.1) is 13.8 Å². The van der Waals surface area contributed by atoms with E-state index < -0.39 is 11.7 Å². The second-order valence-electron chi connectivity index (χ2n) is 8.29. The molecular formula is C24H28N4O3. The van der Waals surface area contributed by atoms with Crippen molar-refractivity contribution in [2.24, 2.45) is 0 Å². The molecule has 3 rings (SSSR count). The van der Waals surface area contributed by atoms with Gasteiger partial charge in [0.25, 0.3) is 5.91 Å². The molecule has 0 saturated carbocycles. The summed E-state index contributed by atoms with van der Waals surface area (Å²) in [5, 5.41) is 10.2. The third-order valence-corrected chi connectivity index (χ3v) is 4.64. The normalized spacial score (nSPS) is 11.1.